The molecule has 1 aliphatic heterocycles. The molecular weight excluding hydrogens is 338 g/mol. The maximum atomic E-state index is 12.9. The summed E-state index contributed by atoms with van der Waals surface area (Å²) in [7, 11) is 0. The second-order valence-electron chi connectivity index (χ2n) is 5.58. The molecule has 0 spiro atoms. The zero-order valence-electron chi connectivity index (χ0n) is 13.7. The van der Waals surface area contributed by atoms with E-state index in [2.05, 4.69) is 14.9 Å². The van der Waals surface area contributed by atoms with Crippen LogP contribution in [0, 0.1) is 0 Å². The summed E-state index contributed by atoms with van der Waals surface area (Å²) in [5, 5.41) is 0. The number of nitrogens with zero attached hydrogens (tertiary/aromatic N) is 4. The first-order valence-electron chi connectivity index (χ1n) is 7.96. The van der Waals surface area contributed by atoms with Gasteiger partial charge in [-0.05, 0) is 18.2 Å². The zero-order chi connectivity index (χ0) is 17.6. The highest BCUT2D eigenvalue weighted by molar-refractivity contribution is 8.00. The lowest BCUT2D eigenvalue weighted by Crippen LogP contribution is -2.49. The van der Waals surface area contributed by atoms with Crippen LogP contribution in [0.2, 0.25) is 0 Å². The summed E-state index contributed by atoms with van der Waals surface area (Å²) in [6, 6.07) is 9.09. The van der Waals surface area contributed by atoms with E-state index in [4.69, 9.17) is 5.73 Å². The molecular formula is C17H19N5O2S. The topological polar surface area (TPSA) is 92.4 Å². The van der Waals surface area contributed by atoms with Gasteiger partial charge in [0.25, 0.3) is 5.91 Å². The fourth-order valence-electron chi connectivity index (χ4n) is 2.65. The monoisotopic (exact) mass is 357 g/mol. The SMILES string of the molecule is NC(=O)CSc1ccccc1C(=O)N1CCN(c2ncccn2)CC1. The van der Waals surface area contributed by atoms with Gasteiger partial charge in [0, 0.05) is 43.5 Å². The number of hydrogen-bond donors (Lipinski definition) is 1. The average Bonchev–Trinajstić information content (AvgIpc) is 2.67. The Kier molecular flexibility index (Phi) is 5.49. The van der Waals surface area contributed by atoms with Crippen LogP contribution >= 0.6 is 11.8 Å². The summed E-state index contributed by atoms with van der Waals surface area (Å²) < 4.78 is 0. The number of amides is 2. The van der Waals surface area contributed by atoms with Crippen molar-refractivity contribution in [2.75, 3.05) is 36.8 Å². The molecule has 0 radical (unpaired) electrons. The largest absolute Gasteiger partial charge is 0.369 e. The van der Waals surface area contributed by atoms with Crippen molar-refractivity contribution in [1.82, 2.24) is 14.9 Å². The van der Waals surface area contributed by atoms with Gasteiger partial charge in [0.05, 0.1) is 11.3 Å². The summed E-state index contributed by atoms with van der Waals surface area (Å²) in [4.78, 5) is 37.0. The number of rotatable bonds is 5. The van der Waals surface area contributed by atoms with Crippen LogP contribution in [0.1, 0.15) is 10.4 Å². The predicted octanol–water partition coefficient (Wildman–Crippen LogP) is 1.02. The Morgan fingerprint density at radius 2 is 1.72 bits per heavy atom. The van der Waals surface area contributed by atoms with Gasteiger partial charge in [-0.1, -0.05) is 12.1 Å². The van der Waals surface area contributed by atoms with Gasteiger partial charge in [0.15, 0.2) is 0 Å². The molecule has 0 atom stereocenters. The van der Waals surface area contributed by atoms with Gasteiger partial charge in [0.2, 0.25) is 11.9 Å². The maximum Gasteiger partial charge on any atom is 0.255 e. The Hall–Kier alpha value is -2.61. The Morgan fingerprint density at radius 3 is 2.40 bits per heavy atom. The number of thioether (sulfide) groups is 1. The Bertz CT molecular complexity index is 748. The van der Waals surface area contributed by atoms with Crippen LogP contribution in [0.25, 0.3) is 0 Å². The molecule has 0 unspecified atom stereocenters. The third-order valence-electron chi connectivity index (χ3n) is 3.89. The molecule has 1 fully saturated rings. The van der Waals surface area contributed by atoms with Crippen LogP contribution in [-0.2, 0) is 4.79 Å². The fraction of sp³-hybridized carbons (Fsp3) is 0.294. The number of primary amides is 1. The lowest BCUT2D eigenvalue weighted by molar-refractivity contribution is -0.115. The van der Waals surface area contributed by atoms with Crippen molar-refractivity contribution < 1.29 is 9.59 Å². The molecule has 25 heavy (non-hydrogen) atoms. The summed E-state index contributed by atoms with van der Waals surface area (Å²) in [6.07, 6.45) is 3.43. The van der Waals surface area contributed by atoms with Crippen molar-refractivity contribution in [2.24, 2.45) is 5.73 Å². The van der Waals surface area contributed by atoms with Gasteiger partial charge in [-0.3, -0.25) is 9.59 Å². The normalized spacial score (nSPS) is 14.4. The third-order valence-corrected chi connectivity index (χ3v) is 4.99. The molecule has 1 saturated heterocycles. The Morgan fingerprint density at radius 1 is 1.04 bits per heavy atom. The van der Waals surface area contributed by atoms with E-state index in [1.807, 2.05) is 23.1 Å². The van der Waals surface area contributed by atoms with E-state index in [1.165, 1.54) is 11.8 Å². The van der Waals surface area contributed by atoms with Crippen LogP contribution in [0.3, 0.4) is 0 Å². The van der Waals surface area contributed by atoms with E-state index < -0.39 is 5.91 Å². The summed E-state index contributed by atoms with van der Waals surface area (Å²) >= 11 is 1.29. The number of aromatic nitrogens is 2. The average molecular weight is 357 g/mol. The predicted molar refractivity (Wildman–Crippen MR) is 96.5 cm³/mol. The van der Waals surface area contributed by atoms with Gasteiger partial charge in [-0.25, -0.2) is 9.97 Å². The minimum absolute atomic E-state index is 0.0267. The molecule has 1 aromatic carbocycles. The highest BCUT2D eigenvalue weighted by atomic mass is 32.2. The van der Waals surface area contributed by atoms with Crippen LogP contribution in [-0.4, -0.2) is 58.6 Å². The molecule has 2 heterocycles. The number of piperazine rings is 1. The Labute approximate surface area is 150 Å². The van der Waals surface area contributed by atoms with Gasteiger partial charge < -0.3 is 15.5 Å². The first-order chi connectivity index (χ1) is 12.1. The molecule has 7 nitrogen and oxygen atoms in total. The maximum absolute atomic E-state index is 12.9. The molecule has 2 amide bonds. The van der Waals surface area contributed by atoms with Gasteiger partial charge in [-0.2, -0.15) is 0 Å². The summed E-state index contributed by atoms with van der Waals surface area (Å²) in [6.45, 7) is 2.58. The second-order valence-corrected chi connectivity index (χ2v) is 6.60. The van der Waals surface area contributed by atoms with E-state index in [0.29, 0.717) is 37.7 Å². The molecule has 1 aliphatic rings. The molecule has 1 aromatic heterocycles. The minimum Gasteiger partial charge on any atom is -0.369 e. The molecule has 0 saturated carbocycles. The van der Waals surface area contributed by atoms with Crippen LogP contribution < -0.4 is 10.6 Å². The molecule has 8 heteroatoms. The highest BCUT2D eigenvalue weighted by Crippen LogP contribution is 2.24. The number of nitrogens with two attached hydrogens (primary N) is 1. The van der Waals surface area contributed by atoms with E-state index in [-0.39, 0.29) is 11.7 Å². The number of anilines is 1. The van der Waals surface area contributed by atoms with Gasteiger partial charge in [-0.15, -0.1) is 11.8 Å². The first-order valence-corrected chi connectivity index (χ1v) is 8.95. The van der Waals surface area contributed by atoms with Gasteiger partial charge in [0.1, 0.15) is 0 Å². The number of benzene rings is 1. The second kappa shape index (κ2) is 7.98. The van der Waals surface area contributed by atoms with E-state index in [9.17, 15) is 9.59 Å². The third kappa shape index (κ3) is 4.27. The molecule has 2 aromatic rings. The number of carbonyl (C=O) groups is 2. The molecule has 130 valence electrons. The lowest BCUT2D eigenvalue weighted by Gasteiger charge is -2.35. The van der Waals surface area contributed by atoms with Crippen LogP contribution in [0.5, 0.6) is 0 Å². The highest BCUT2D eigenvalue weighted by Gasteiger charge is 2.24. The smallest absolute Gasteiger partial charge is 0.255 e. The minimum atomic E-state index is -0.399. The van der Waals surface area contributed by atoms with E-state index >= 15 is 0 Å². The number of hydrogen-bond acceptors (Lipinski definition) is 6. The van der Waals surface area contributed by atoms with Crippen LogP contribution in [0.15, 0.2) is 47.6 Å². The van der Waals surface area contributed by atoms with Crippen LogP contribution in [0.4, 0.5) is 5.95 Å². The Balaban J connectivity index is 1.66. The van der Waals surface area contributed by atoms with Crippen molar-refractivity contribution in [3.63, 3.8) is 0 Å². The quantitative estimate of drug-likeness (QED) is 0.803. The molecule has 0 bridgehead atoms. The van der Waals surface area contributed by atoms with Gasteiger partial charge >= 0.3 is 0 Å². The van der Waals surface area contributed by atoms with E-state index in [0.717, 1.165) is 4.90 Å². The van der Waals surface area contributed by atoms with Crippen molar-refractivity contribution >= 4 is 29.5 Å². The fourth-order valence-corrected chi connectivity index (χ4v) is 3.44. The standard InChI is InChI=1S/C17H19N5O2S/c18-15(23)12-25-14-5-2-1-4-13(14)16(24)21-8-10-22(11-9-21)17-19-6-3-7-20-17/h1-7H,8-12H2,(H2,18,23). The lowest BCUT2D eigenvalue weighted by atomic mass is 10.2. The summed E-state index contributed by atoms with van der Waals surface area (Å²) in [5.41, 5.74) is 5.82. The molecule has 3 rings (SSSR count). The zero-order valence-corrected chi connectivity index (χ0v) is 14.5. The van der Waals surface area contributed by atoms with Crippen molar-refractivity contribution in [3.8, 4) is 0 Å². The van der Waals surface area contributed by atoms with Crippen molar-refractivity contribution in [2.45, 2.75) is 4.90 Å². The van der Waals surface area contributed by atoms with E-state index in [1.54, 1.807) is 24.5 Å². The molecule has 2 N–H and O–H groups in total. The summed E-state index contributed by atoms with van der Waals surface area (Å²) in [5.74, 6) is 0.417. The number of carbonyl (C=O) groups excluding carboxylic acids is 2. The molecule has 0 aliphatic carbocycles. The van der Waals surface area contributed by atoms with Crippen molar-refractivity contribution in [3.05, 3.63) is 48.3 Å². The first kappa shape index (κ1) is 17.2. The van der Waals surface area contributed by atoms with Crippen molar-refractivity contribution in [1.29, 1.82) is 0 Å².